The Hall–Kier alpha value is -2.23. The van der Waals surface area contributed by atoms with E-state index >= 15 is 0 Å². The molecule has 0 unspecified atom stereocenters. The number of nitrogens with zero attached hydrogens (tertiary/aromatic N) is 1. The van der Waals surface area contributed by atoms with Crippen molar-refractivity contribution < 1.29 is 13.9 Å². The van der Waals surface area contributed by atoms with Crippen LogP contribution in [0.5, 0.6) is 0 Å². The Bertz CT molecular complexity index is 553. The monoisotopic (exact) mass is 233 g/mol. The van der Waals surface area contributed by atoms with Crippen LogP contribution in [0.1, 0.15) is 11.3 Å². The number of hydrogen-bond acceptors (Lipinski definition) is 2. The second-order valence-electron chi connectivity index (χ2n) is 3.41. The van der Waals surface area contributed by atoms with Crippen LogP contribution in [0.2, 0.25) is 0 Å². The Balaban J connectivity index is 2.40. The quantitative estimate of drug-likeness (QED) is 0.806. The van der Waals surface area contributed by atoms with Crippen LogP contribution in [0, 0.1) is 11.6 Å². The van der Waals surface area contributed by atoms with Gasteiger partial charge in [0.25, 0.3) is 0 Å². The fourth-order valence-corrected chi connectivity index (χ4v) is 1.37. The molecule has 0 spiro atoms. The lowest BCUT2D eigenvalue weighted by Gasteiger charge is -2.02. The van der Waals surface area contributed by atoms with Gasteiger partial charge in [-0.05, 0) is 30.3 Å². The van der Waals surface area contributed by atoms with E-state index in [1.165, 1.54) is 6.08 Å². The minimum atomic E-state index is -0.684. The Morgan fingerprint density at radius 3 is 2.71 bits per heavy atom. The van der Waals surface area contributed by atoms with Gasteiger partial charge in [-0.15, -0.1) is 0 Å². The summed E-state index contributed by atoms with van der Waals surface area (Å²) in [6, 6.07) is 7.99. The highest BCUT2D eigenvalue weighted by atomic mass is 19.1. The Kier molecular flexibility index (Phi) is 3.14. The van der Waals surface area contributed by atoms with Gasteiger partial charge >= 0.3 is 0 Å². The molecule has 1 aromatic carbocycles. The smallest absolute Gasteiger partial charge is 0.134 e. The highest BCUT2D eigenvalue weighted by Gasteiger charge is 2.08. The maximum absolute atomic E-state index is 13.3. The molecule has 0 fully saturated rings. The van der Waals surface area contributed by atoms with Crippen molar-refractivity contribution in [2.45, 2.75) is 0 Å². The van der Waals surface area contributed by atoms with Crippen LogP contribution >= 0.6 is 0 Å². The molecule has 0 saturated heterocycles. The van der Waals surface area contributed by atoms with Crippen LogP contribution in [-0.4, -0.2) is 10.1 Å². The molecule has 2 aromatic rings. The van der Waals surface area contributed by atoms with Crippen molar-refractivity contribution in [3.8, 4) is 0 Å². The molecule has 1 aromatic heterocycles. The summed E-state index contributed by atoms with van der Waals surface area (Å²) in [6.45, 7) is 0. The molecule has 0 aliphatic carbocycles. The van der Waals surface area contributed by atoms with Crippen molar-refractivity contribution in [1.29, 1.82) is 0 Å². The minimum Gasteiger partial charge on any atom is -0.507 e. The first-order valence-corrected chi connectivity index (χ1v) is 4.94. The summed E-state index contributed by atoms with van der Waals surface area (Å²) in [5.74, 6) is -1.65. The second-order valence-corrected chi connectivity index (χ2v) is 3.41. The molecular weight excluding hydrogens is 224 g/mol. The fraction of sp³-hybridized carbons (Fsp3) is 0. The summed E-state index contributed by atoms with van der Waals surface area (Å²) in [5, 5.41) is 9.69. The molecule has 4 heteroatoms. The first-order chi connectivity index (χ1) is 8.16. The van der Waals surface area contributed by atoms with Crippen LogP contribution in [0.3, 0.4) is 0 Å². The third-order valence-electron chi connectivity index (χ3n) is 2.18. The van der Waals surface area contributed by atoms with Gasteiger partial charge in [0.1, 0.15) is 17.4 Å². The fourth-order valence-electron chi connectivity index (χ4n) is 1.37. The molecule has 17 heavy (non-hydrogen) atoms. The van der Waals surface area contributed by atoms with Gasteiger partial charge in [-0.25, -0.2) is 8.78 Å². The molecule has 0 aliphatic rings. The molecule has 0 radical (unpaired) electrons. The van der Waals surface area contributed by atoms with Crippen LogP contribution in [0.15, 0.2) is 42.6 Å². The van der Waals surface area contributed by atoms with Gasteiger partial charge in [0, 0.05) is 12.3 Å². The Morgan fingerprint density at radius 1 is 1.18 bits per heavy atom. The normalized spacial score (nSPS) is 11.5. The number of aliphatic hydroxyl groups is 1. The SMILES string of the molecule is O/C(=C\c1ccccn1)c1cc(F)ccc1F. The topological polar surface area (TPSA) is 33.1 Å². The van der Waals surface area contributed by atoms with Gasteiger partial charge in [0.15, 0.2) is 0 Å². The molecule has 0 bridgehead atoms. The number of halogens is 2. The number of pyridine rings is 1. The third-order valence-corrected chi connectivity index (χ3v) is 2.18. The number of hydrogen-bond donors (Lipinski definition) is 1. The average Bonchev–Trinajstić information content (AvgIpc) is 2.33. The zero-order valence-corrected chi connectivity index (χ0v) is 8.77. The summed E-state index contributed by atoms with van der Waals surface area (Å²) in [5.41, 5.74) is 0.282. The number of benzene rings is 1. The largest absolute Gasteiger partial charge is 0.507 e. The van der Waals surface area contributed by atoms with Crippen molar-refractivity contribution in [2.24, 2.45) is 0 Å². The summed E-state index contributed by atoms with van der Waals surface area (Å²) >= 11 is 0. The minimum absolute atomic E-state index is 0.185. The van der Waals surface area contributed by atoms with E-state index in [0.717, 1.165) is 18.2 Å². The third kappa shape index (κ3) is 2.66. The van der Waals surface area contributed by atoms with Gasteiger partial charge in [0.2, 0.25) is 0 Å². The number of aromatic nitrogens is 1. The molecule has 2 rings (SSSR count). The van der Waals surface area contributed by atoms with Crippen LogP contribution in [-0.2, 0) is 0 Å². The molecule has 1 heterocycles. The first-order valence-electron chi connectivity index (χ1n) is 4.94. The van der Waals surface area contributed by atoms with E-state index in [0.29, 0.717) is 5.69 Å². The van der Waals surface area contributed by atoms with E-state index in [9.17, 15) is 13.9 Å². The lowest BCUT2D eigenvalue weighted by molar-refractivity contribution is 0.503. The van der Waals surface area contributed by atoms with Crippen LogP contribution in [0.4, 0.5) is 8.78 Å². The van der Waals surface area contributed by atoms with E-state index < -0.39 is 11.6 Å². The predicted molar refractivity (Wildman–Crippen MR) is 61.1 cm³/mol. The van der Waals surface area contributed by atoms with Crippen molar-refractivity contribution >= 4 is 11.8 Å². The molecule has 0 atom stereocenters. The zero-order chi connectivity index (χ0) is 12.3. The predicted octanol–water partition coefficient (Wildman–Crippen LogP) is 3.42. The highest BCUT2D eigenvalue weighted by Crippen LogP contribution is 2.19. The van der Waals surface area contributed by atoms with Crippen molar-refractivity contribution in [2.75, 3.05) is 0 Å². The summed E-state index contributed by atoms with van der Waals surface area (Å²) in [4.78, 5) is 3.94. The molecule has 86 valence electrons. The summed E-state index contributed by atoms with van der Waals surface area (Å²) < 4.78 is 26.3. The van der Waals surface area contributed by atoms with Crippen molar-refractivity contribution in [1.82, 2.24) is 4.98 Å². The van der Waals surface area contributed by atoms with Crippen LogP contribution in [0.25, 0.3) is 11.8 Å². The molecular formula is C13H9F2NO. The lowest BCUT2D eigenvalue weighted by Crippen LogP contribution is -1.91. The van der Waals surface area contributed by atoms with Gasteiger partial charge in [-0.1, -0.05) is 6.07 Å². The Morgan fingerprint density at radius 2 is 2.00 bits per heavy atom. The molecule has 0 amide bonds. The first kappa shape index (κ1) is 11.3. The van der Waals surface area contributed by atoms with Crippen LogP contribution < -0.4 is 0 Å². The highest BCUT2D eigenvalue weighted by molar-refractivity contribution is 5.75. The van der Waals surface area contributed by atoms with E-state index in [4.69, 9.17) is 0 Å². The summed E-state index contributed by atoms with van der Waals surface area (Å²) in [6.07, 6.45) is 2.82. The van der Waals surface area contributed by atoms with Gasteiger partial charge in [-0.3, -0.25) is 4.98 Å². The van der Waals surface area contributed by atoms with E-state index in [1.54, 1.807) is 24.4 Å². The summed E-state index contributed by atoms with van der Waals surface area (Å²) in [7, 11) is 0. The van der Waals surface area contributed by atoms with Gasteiger partial charge < -0.3 is 5.11 Å². The lowest BCUT2D eigenvalue weighted by atomic mass is 10.1. The van der Waals surface area contributed by atoms with Gasteiger partial charge in [-0.2, -0.15) is 0 Å². The number of aliphatic hydroxyl groups excluding tert-OH is 1. The van der Waals surface area contributed by atoms with Crippen molar-refractivity contribution in [3.05, 3.63) is 65.5 Å². The van der Waals surface area contributed by atoms with Crippen molar-refractivity contribution in [3.63, 3.8) is 0 Å². The van der Waals surface area contributed by atoms with E-state index in [2.05, 4.69) is 4.98 Å². The van der Waals surface area contributed by atoms with E-state index in [1.807, 2.05) is 0 Å². The molecule has 0 saturated carbocycles. The standard InChI is InChI=1S/C13H9F2NO/c14-9-4-5-12(15)11(7-9)13(17)8-10-3-1-2-6-16-10/h1-8,17H/b13-8-. The molecule has 2 nitrogen and oxygen atoms in total. The average molecular weight is 233 g/mol. The maximum Gasteiger partial charge on any atom is 0.134 e. The second kappa shape index (κ2) is 4.74. The maximum atomic E-state index is 13.3. The molecule has 0 aliphatic heterocycles. The number of rotatable bonds is 2. The van der Waals surface area contributed by atoms with Gasteiger partial charge in [0.05, 0.1) is 11.3 Å². The Labute approximate surface area is 96.9 Å². The molecule has 1 N–H and O–H groups in total. The zero-order valence-electron chi connectivity index (χ0n) is 8.77. The van der Waals surface area contributed by atoms with E-state index in [-0.39, 0.29) is 11.3 Å².